The molecule has 0 aromatic carbocycles. The summed E-state index contributed by atoms with van der Waals surface area (Å²) < 4.78 is 12.4. The summed E-state index contributed by atoms with van der Waals surface area (Å²) in [6, 6.07) is 0.171. The number of esters is 1. The van der Waals surface area contributed by atoms with Gasteiger partial charge < -0.3 is 9.47 Å². The Morgan fingerprint density at radius 2 is 2.39 bits per heavy atom. The number of aromatic nitrogens is 3. The minimum Gasteiger partial charge on any atom is -0.456 e. The van der Waals surface area contributed by atoms with Crippen LogP contribution in [0.15, 0.2) is 30.0 Å². The van der Waals surface area contributed by atoms with Crippen molar-refractivity contribution < 1.29 is 14.3 Å². The van der Waals surface area contributed by atoms with Crippen molar-refractivity contribution >= 4 is 5.97 Å². The number of carbonyl (C=O) groups is 1. The van der Waals surface area contributed by atoms with Crippen molar-refractivity contribution in [1.29, 1.82) is 0 Å². The van der Waals surface area contributed by atoms with Crippen LogP contribution in [0.5, 0.6) is 0 Å². The van der Waals surface area contributed by atoms with Crippen LogP contribution in [0, 0.1) is 5.92 Å². The van der Waals surface area contributed by atoms with Gasteiger partial charge in [0.25, 0.3) is 0 Å². The maximum atomic E-state index is 12.1. The van der Waals surface area contributed by atoms with Gasteiger partial charge in [-0.25, -0.2) is 9.48 Å². The molecule has 0 saturated carbocycles. The molecular formula is C17H23N3O3. The highest BCUT2D eigenvalue weighted by molar-refractivity contribution is 5.86. The van der Waals surface area contributed by atoms with Crippen LogP contribution in [0.3, 0.4) is 0 Å². The molecule has 6 nitrogen and oxygen atoms in total. The van der Waals surface area contributed by atoms with Crippen molar-refractivity contribution in [2.75, 3.05) is 19.8 Å². The molecule has 1 aliphatic heterocycles. The summed E-state index contributed by atoms with van der Waals surface area (Å²) in [6.07, 6.45) is 7.74. The van der Waals surface area contributed by atoms with E-state index in [1.165, 1.54) is 11.1 Å². The Balaban J connectivity index is 1.51. The summed E-state index contributed by atoms with van der Waals surface area (Å²) in [6.45, 7) is 7.76. The number of ether oxygens (including phenoxy) is 2. The Kier molecular flexibility index (Phi) is 4.91. The minimum atomic E-state index is -0.418. The molecule has 2 heterocycles. The van der Waals surface area contributed by atoms with Gasteiger partial charge in [0.1, 0.15) is 6.61 Å². The van der Waals surface area contributed by atoms with Crippen LogP contribution in [-0.2, 0) is 9.47 Å². The van der Waals surface area contributed by atoms with E-state index >= 15 is 0 Å². The van der Waals surface area contributed by atoms with E-state index in [0.717, 1.165) is 32.3 Å². The normalized spacial score (nSPS) is 24.3. The Labute approximate surface area is 136 Å². The highest BCUT2D eigenvalue weighted by Crippen LogP contribution is 2.28. The lowest BCUT2D eigenvalue weighted by atomic mass is 9.86. The van der Waals surface area contributed by atoms with E-state index in [4.69, 9.17) is 9.47 Å². The summed E-state index contributed by atoms with van der Waals surface area (Å²) in [5.74, 6) is 0.140. The molecule has 1 aromatic heterocycles. The van der Waals surface area contributed by atoms with Gasteiger partial charge in [-0.15, -0.1) is 5.10 Å². The first kappa shape index (κ1) is 15.9. The molecule has 124 valence electrons. The molecule has 0 N–H and O–H groups in total. The van der Waals surface area contributed by atoms with Crippen molar-refractivity contribution in [2.45, 2.75) is 38.6 Å². The van der Waals surface area contributed by atoms with E-state index in [2.05, 4.69) is 29.9 Å². The van der Waals surface area contributed by atoms with Crippen molar-refractivity contribution in [3.63, 3.8) is 0 Å². The van der Waals surface area contributed by atoms with E-state index in [1.54, 1.807) is 10.9 Å². The third kappa shape index (κ3) is 3.88. The molecule has 2 atom stereocenters. The largest absolute Gasteiger partial charge is 0.456 e. The van der Waals surface area contributed by atoms with Gasteiger partial charge in [-0.3, -0.25) is 0 Å². The maximum absolute atomic E-state index is 12.1. The standard InChI is InChI=1S/C17H23N3O3/c1-12(2)14-5-3-13(4-6-14)10-23-17(21)16-9-20(19-18-16)15-7-8-22-11-15/h3,9,14-15H,1,4-8,10-11H2,2H3/t14-,15+/m0/s1. The van der Waals surface area contributed by atoms with Gasteiger partial charge in [-0.2, -0.15) is 0 Å². The fraction of sp³-hybridized carbons (Fsp3) is 0.588. The Bertz CT molecular complexity index is 614. The molecule has 1 saturated heterocycles. The van der Waals surface area contributed by atoms with Gasteiger partial charge in [0.15, 0.2) is 5.69 Å². The molecule has 1 fully saturated rings. The van der Waals surface area contributed by atoms with Gasteiger partial charge in [0.05, 0.1) is 18.8 Å². The fourth-order valence-electron chi connectivity index (χ4n) is 2.98. The first-order valence-corrected chi connectivity index (χ1v) is 8.13. The molecule has 0 spiro atoms. The zero-order chi connectivity index (χ0) is 16.2. The Morgan fingerprint density at radius 3 is 3.04 bits per heavy atom. The van der Waals surface area contributed by atoms with E-state index in [-0.39, 0.29) is 11.7 Å². The van der Waals surface area contributed by atoms with Gasteiger partial charge in [-0.1, -0.05) is 23.4 Å². The van der Waals surface area contributed by atoms with Crippen LogP contribution in [0.4, 0.5) is 0 Å². The molecule has 0 bridgehead atoms. The third-order valence-electron chi connectivity index (χ3n) is 4.59. The average molecular weight is 317 g/mol. The van der Waals surface area contributed by atoms with Crippen molar-refractivity contribution in [3.8, 4) is 0 Å². The second-order valence-electron chi connectivity index (χ2n) is 6.36. The summed E-state index contributed by atoms with van der Waals surface area (Å²) in [5, 5.41) is 7.92. The van der Waals surface area contributed by atoms with Crippen LogP contribution in [0.25, 0.3) is 0 Å². The van der Waals surface area contributed by atoms with Crippen LogP contribution >= 0.6 is 0 Å². The third-order valence-corrected chi connectivity index (χ3v) is 4.59. The lowest BCUT2D eigenvalue weighted by molar-refractivity contribution is 0.0528. The first-order chi connectivity index (χ1) is 11.1. The van der Waals surface area contributed by atoms with Crippen LogP contribution in [0.2, 0.25) is 0 Å². The van der Waals surface area contributed by atoms with Crippen LogP contribution in [-0.4, -0.2) is 40.8 Å². The SMILES string of the molecule is C=C(C)[C@H]1CC=C(COC(=O)c2cn([C@@H]3CCOC3)nn2)CC1. The van der Waals surface area contributed by atoms with Crippen molar-refractivity contribution in [1.82, 2.24) is 15.0 Å². The lowest BCUT2D eigenvalue weighted by Crippen LogP contribution is -2.13. The molecular weight excluding hydrogens is 294 g/mol. The predicted octanol–water partition coefficient (Wildman–Crippen LogP) is 2.70. The number of hydrogen-bond donors (Lipinski definition) is 0. The molecule has 0 amide bonds. The van der Waals surface area contributed by atoms with Crippen molar-refractivity contribution in [3.05, 3.63) is 35.7 Å². The zero-order valence-electron chi connectivity index (χ0n) is 13.5. The number of allylic oxidation sites excluding steroid dienone is 2. The second kappa shape index (κ2) is 7.08. The molecule has 0 radical (unpaired) electrons. The monoisotopic (exact) mass is 317 g/mol. The molecule has 1 aliphatic carbocycles. The van der Waals surface area contributed by atoms with E-state index in [1.807, 2.05) is 0 Å². The number of hydrogen-bond acceptors (Lipinski definition) is 5. The van der Waals surface area contributed by atoms with Crippen LogP contribution in [0.1, 0.15) is 49.1 Å². The zero-order valence-corrected chi connectivity index (χ0v) is 13.5. The maximum Gasteiger partial charge on any atom is 0.360 e. The first-order valence-electron chi connectivity index (χ1n) is 8.13. The minimum absolute atomic E-state index is 0.171. The van der Waals surface area contributed by atoms with E-state index < -0.39 is 5.97 Å². The average Bonchev–Trinajstić information content (AvgIpc) is 3.23. The molecule has 23 heavy (non-hydrogen) atoms. The highest BCUT2D eigenvalue weighted by Gasteiger charge is 2.22. The van der Waals surface area contributed by atoms with Gasteiger partial charge in [0, 0.05) is 6.61 Å². The summed E-state index contributed by atoms with van der Waals surface area (Å²) in [7, 11) is 0. The Morgan fingerprint density at radius 1 is 1.52 bits per heavy atom. The van der Waals surface area contributed by atoms with Gasteiger partial charge >= 0.3 is 5.97 Å². The Hall–Kier alpha value is -1.95. The summed E-state index contributed by atoms with van der Waals surface area (Å²) in [5.41, 5.74) is 2.66. The fourth-order valence-corrected chi connectivity index (χ4v) is 2.98. The molecule has 3 rings (SSSR count). The second-order valence-corrected chi connectivity index (χ2v) is 6.36. The molecule has 6 heteroatoms. The van der Waals surface area contributed by atoms with E-state index in [9.17, 15) is 4.79 Å². The number of nitrogens with zero attached hydrogens (tertiary/aromatic N) is 3. The van der Waals surface area contributed by atoms with Crippen LogP contribution < -0.4 is 0 Å². The summed E-state index contributed by atoms with van der Waals surface area (Å²) in [4.78, 5) is 12.1. The number of rotatable bonds is 5. The topological polar surface area (TPSA) is 66.2 Å². The quantitative estimate of drug-likeness (QED) is 0.617. The molecule has 2 aliphatic rings. The molecule has 0 unspecified atom stereocenters. The predicted molar refractivity (Wildman–Crippen MR) is 85.0 cm³/mol. The van der Waals surface area contributed by atoms with Gasteiger partial charge in [0.2, 0.25) is 0 Å². The summed E-state index contributed by atoms with van der Waals surface area (Å²) >= 11 is 0. The van der Waals surface area contributed by atoms with Gasteiger partial charge in [-0.05, 0) is 44.1 Å². The van der Waals surface area contributed by atoms with Crippen molar-refractivity contribution in [2.24, 2.45) is 5.92 Å². The van der Waals surface area contributed by atoms with E-state index in [0.29, 0.717) is 19.1 Å². The highest BCUT2D eigenvalue weighted by atomic mass is 16.5. The number of carbonyl (C=O) groups excluding carboxylic acids is 1. The lowest BCUT2D eigenvalue weighted by Gasteiger charge is -2.21. The smallest absolute Gasteiger partial charge is 0.360 e. The molecule has 1 aromatic rings.